The highest BCUT2D eigenvalue weighted by molar-refractivity contribution is 6.01. The van der Waals surface area contributed by atoms with Gasteiger partial charge in [-0.15, -0.1) is 0 Å². The Labute approximate surface area is 97.0 Å². The second kappa shape index (κ2) is 4.08. The van der Waals surface area contributed by atoms with Crippen molar-refractivity contribution in [3.8, 4) is 0 Å². The van der Waals surface area contributed by atoms with Crippen LogP contribution in [-0.4, -0.2) is 23.4 Å². The highest BCUT2D eigenvalue weighted by Crippen LogP contribution is 2.33. The smallest absolute Gasteiger partial charge is 0.254 e. The number of carbonyl (C=O) groups excluding carboxylic acids is 1. The fourth-order valence-corrected chi connectivity index (χ4v) is 3.20. The van der Waals surface area contributed by atoms with Gasteiger partial charge in [-0.25, -0.2) is 0 Å². The van der Waals surface area contributed by atoms with Crippen molar-refractivity contribution >= 4 is 5.91 Å². The van der Waals surface area contributed by atoms with Gasteiger partial charge in [0.25, 0.3) is 5.91 Å². The minimum atomic E-state index is 0.304. The van der Waals surface area contributed by atoms with Gasteiger partial charge in [-0.3, -0.25) is 4.79 Å². The number of hydrogen-bond donors (Lipinski definition) is 0. The van der Waals surface area contributed by atoms with Gasteiger partial charge in [-0.2, -0.15) is 0 Å². The molecule has 0 atom stereocenters. The van der Waals surface area contributed by atoms with Crippen LogP contribution in [0.5, 0.6) is 0 Å². The molecule has 2 aliphatic carbocycles. The monoisotopic (exact) mass is 217 g/mol. The molecule has 16 heavy (non-hydrogen) atoms. The summed E-state index contributed by atoms with van der Waals surface area (Å²) < 4.78 is 0. The van der Waals surface area contributed by atoms with Crippen molar-refractivity contribution in [1.29, 1.82) is 0 Å². The quantitative estimate of drug-likeness (QED) is 0.661. The van der Waals surface area contributed by atoms with E-state index in [0.29, 0.717) is 11.9 Å². The van der Waals surface area contributed by atoms with E-state index in [9.17, 15) is 4.79 Å². The summed E-state index contributed by atoms with van der Waals surface area (Å²) in [5, 5.41) is 0. The molecule has 0 N–H and O–H groups in total. The van der Waals surface area contributed by atoms with Crippen molar-refractivity contribution in [3.05, 3.63) is 23.3 Å². The van der Waals surface area contributed by atoms with E-state index >= 15 is 0 Å². The average molecular weight is 217 g/mol. The summed E-state index contributed by atoms with van der Waals surface area (Å²) in [7, 11) is 0. The van der Waals surface area contributed by atoms with E-state index in [2.05, 4.69) is 17.1 Å². The van der Waals surface area contributed by atoms with Crippen molar-refractivity contribution in [1.82, 2.24) is 4.90 Å². The maximum absolute atomic E-state index is 12.3. The fraction of sp³-hybridized carbons (Fsp3) is 0.643. The summed E-state index contributed by atoms with van der Waals surface area (Å²) in [6, 6.07) is 0.522. The molecular weight excluding hydrogens is 198 g/mol. The van der Waals surface area contributed by atoms with Crippen LogP contribution in [0.25, 0.3) is 0 Å². The van der Waals surface area contributed by atoms with Gasteiger partial charge in [0.05, 0.1) is 0 Å². The molecule has 0 bridgehead atoms. The van der Waals surface area contributed by atoms with Crippen LogP contribution in [-0.2, 0) is 4.79 Å². The minimum absolute atomic E-state index is 0.304. The van der Waals surface area contributed by atoms with Crippen LogP contribution in [0, 0.1) is 0 Å². The van der Waals surface area contributed by atoms with Gasteiger partial charge in [-0.05, 0) is 31.3 Å². The third-order valence-electron chi connectivity index (χ3n) is 4.10. The molecule has 0 unspecified atom stereocenters. The molecule has 0 aromatic heterocycles. The van der Waals surface area contributed by atoms with Crippen molar-refractivity contribution in [2.45, 2.75) is 51.0 Å². The van der Waals surface area contributed by atoms with Crippen molar-refractivity contribution < 1.29 is 4.79 Å². The Morgan fingerprint density at radius 3 is 2.56 bits per heavy atom. The number of nitrogens with zero attached hydrogens (tertiary/aromatic N) is 1. The van der Waals surface area contributed by atoms with Crippen LogP contribution < -0.4 is 0 Å². The number of hydrogen-bond acceptors (Lipinski definition) is 1. The predicted molar refractivity (Wildman–Crippen MR) is 64.0 cm³/mol. The Morgan fingerprint density at radius 2 is 1.81 bits per heavy atom. The summed E-state index contributed by atoms with van der Waals surface area (Å²) >= 11 is 0. The molecule has 1 saturated carbocycles. The topological polar surface area (TPSA) is 20.3 Å². The van der Waals surface area contributed by atoms with Gasteiger partial charge < -0.3 is 4.90 Å². The van der Waals surface area contributed by atoms with Gasteiger partial charge >= 0.3 is 0 Å². The zero-order chi connectivity index (χ0) is 11.0. The van der Waals surface area contributed by atoms with E-state index in [4.69, 9.17) is 0 Å². The lowest BCUT2D eigenvalue weighted by Gasteiger charge is -2.30. The van der Waals surface area contributed by atoms with Gasteiger partial charge in [0, 0.05) is 18.2 Å². The number of allylic oxidation sites excluding steroid dienone is 2. The highest BCUT2D eigenvalue weighted by atomic mass is 16.2. The van der Waals surface area contributed by atoms with Crippen molar-refractivity contribution in [3.63, 3.8) is 0 Å². The minimum Gasteiger partial charge on any atom is -0.331 e. The molecule has 0 radical (unpaired) electrons. The molecule has 1 heterocycles. The maximum atomic E-state index is 12.3. The summed E-state index contributed by atoms with van der Waals surface area (Å²) in [6.45, 7) is 0.884. The Balaban J connectivity index is 1.80. The first-order valence-electron chi connectivity index (χ1n) is 6.57. The Hall–Kier alpha value is -1.05. The highest BCUT2D eigenvalue weighted by Gasteiger charge is 2.35. The van der Waals surface area contributed by atoms with Crippen molar-refractivity contribution in [2.24, 2.45) is 0 Å². The van der Waals surface area contributed by atoms with Gasteiger partial charge in [-0.1, -0.05) is 31.4 Å². The Morgan fingerprint density at radius 1 is 1.06 bits per heavy atom. The molecule has 86 valence electrons. The van der Waals surface area contributed by atoms with Crippen LogP contribution in [0.1, 0.15) is 44.9 Å². The maximum Gasteiger partial charge on any atom is 0.254 e. The lowest BCUT2D eigenvalue weighted by molar-refractivity contribution is -0.127. The summed E-state index contributed by atoms with van der Waals surface area (Å²) in [6.07, 6.45) is 12.9. The summed E-state index contributed by atoms with van der Waals surface area (Å²) in [5.41, 5.74) is 2.30. The van der Waals surface area contributed by atoms with E-state index in [1.54, 1.807) is 0 Å². The zero-order valence-electron chi connectivity index (χ0n) is 9.74. The van der Waals surface area contributed by atoms with E-state index < -0.39 is 0 Å². The second-order valence-corrected chi connectivity index (χ2v) is 5.15. The normalized spacial score (nSPS) is 26.5. The third kappa shape index (κ3) is 1.60. The van der Waals surface area contributed by atoms with Crippen LogP contribution in [0.3, 0.4) is 0 Å². The molecule has 1 amide bonds. The largest absolute Gasteiger partial charge is 0.331 e. The second-order valence-electron chi connectivity index (χ2n) is 5.15. The molecule has 0 aromatic rings. The van der Waals surface area contributed by atoms with Gasteiger partial charge in [0.1, 0.15) is 0 Å². The number of likely N-dealkylation sites (tertiary alicyclic amines) is 1. The number of carbonyl (C=O) groups is 1. The standard InChI is InChI=1S/C14H19NO/c16-14-13-9-5-4-6-11(13)10-15(14)12-7-2-1-3-8-12/h6,9,12H,1-5,7-8,10H2. The first-order chi connectivity index (χ1) is 7.86. The van der Waals surface area contributed by atoms with Crippen LogP contribution in [0.15, 0.2) is 23.3 Å². The molecule has 0 aromatic carbocycles. The zero-order valence-corrected chi connectivity index (χ0v) is 9.74. The summed E-state index contributed by atoms with van der Waals surface area (Å²) in [5.74, 6) is 0.304. The lowest BCUT2D eigenvalue weighted by atomic mass is 9.94. The van der Waals surface area contributed by atoms with Gasteiger partial charge in [0.15, 0.2) is 0 Å². The Kier molecular flexibility index (Phi) is 2.58. The molecule has 2 fully saturated rings. The fourth-order valence-electron chi connectivity index (χ4n) is 3.20. The van der Waals surface area contributed by atoms with Crippen molar-refractivity contribution in [2.75, 3.05) is 6.54 Å². The predicted octanol–water partition coefficient (Wildman–Crippen LogP) is 2.81. The number of amides is 1. The molecule has 1 saturated heterocycles. The molecule has 3 rings (SSSR count). The average Bonchev–Trinajstić information content (AvgIpc) is 2.69. The van der Waals surface area contributed by atoms with E-state index in [1.165, 1.54) is 37.7 Å². The first-order valence-corrected chi connectivity index (χ1v) is 6.57. The van der Waals surface area contributed by atoms with E-state index in [1.807, 2.05) is 0 Å². The van der Waals surface area contributed by atoms with Crippen LogP contribution >= 0.6 is 0 Å². The molecule has 0 spiro atoms. The molecule has 3 aliphatic rings. The molecular formula is C14H19NO. The molecule has 2 heteroatoms. The van der Waals surface area contributed by atoms with Gasteiger partial charge in [0.2, 0.25) is 0 Å². The van der Waals surface area contributed by atoms with Crippen LogP contribution in [0.4, 0.5) is 0 Å². The molecule has 2 nitrogen and oxygen atoms in total. The van der Waals surface area contributed by atoms with E-state index in [0.717, 1.165) is 25.0 Å². The SMILES string of the molecule is O=C1C2=CCCC=C2CN1C1CCCCC1. The lowest BCUT2D eigenvalue weighted by Crippen LogP contribution is -2.37. The van der Waals surface area contributed by atoms with Crippen LogP contribution in [0.2, 0.25) is 0 Å². The van der Waals surface area contributed by atoms with E-state index in [-0.39, 0.29) is 0 Å². The third-order valence-corrected chi connectivity index (χ3v) is 4.10. The number of rotatable bonds is 1. The first kappa shape index (κ1) is 10.1. The Bertz CT molecular complexity index is 361. The molecule has 1 aliphatic heterocycles. The summed E-state index contributed by atoms with van der Waals surface area (Å²) in [4.78, 5) is 14.4. The number of fused-ring (bicyclic) bond motifs is 1.